The SMILES string of the molecule is COc1ccc(OC)c(NC(=O)c2ccc(N3CCCCCC3)nn2)c1. The van der Waals surface area contributed by atoms with Gasteiger partial charge in [-0.3, -0.25) is 4.79 Å². The first kappa shape index (κ1) is 18.0. The first-order chi connectivity index (χ1) is 12.7. The van der Waals surface area contributed by atoms with Crippen LogP contribution in [-0.2, 0) is 0 Å². The van der Waals surface area contributed by atoms with Crippen molar-refractivity contribution in [3.05, 3.63) is 36.0 Å². The monoisotopic (exact) mass is 356 g/mol. The molecule has 1 aromatic carbocycles. The highest BCUT2D eigenvalue weighted by Gasteiger charge is 2.15. The van der Waals surface area contributed by atoms with E-state index < -0.39 is 0 Å². The summed E-state index contributed by atoms with van der Waals surface area (Å²) in [5.41, 5.74) is 0.781. The van der Waals surface area contributed by atoms with Crippen molar-refractivity contribution >= 4 is 17.4 Å². The van der Waals surface area contributed by atoms with Crippen molar-refractivity contribution in [3.8, 4) is 11.5 Å². The van der Waals surface area contributed by atoms with Gasteiger partial charge in [-0.2, -0.15) is 0 Å². The van der Waals surface area contributed by atoms with Crippen LogP contribution in [0.15, 0.2) is 30.3 Å². The first-order valence-electron chi connectivity index (χ1n) is 8.83. The van der Waals surface area contributed by atoms with Gasteiger partial charge in [-0.15, -0.1) is 10.2 Å². The van der Waals surface area contributed by atoms with Crippen molar-refractivity contribution in [3.63, 3.8) is 0 Å². The Morgan fingerprint density at radius 1 is 1.00 bits per heavy atom. The Labute approximate surface area is 153 Å². The van der Waals surface area contributed by atoms with Gasteiger partial charge in [0.25, 0.3) is 5.91 Å². The summed E-state index contributed by atoms with van der Waals surface area (Å²) >= 11 is 0. The molecule has 1 N–H and O–H groups in total. The van der Waals surface area contributed by atoms with Crippen LogP contribution >= 0.6 is 0 Å². The van der Waals surface area contributed by atoms with Crippen molar-refractivity contribution in [2.75, 3.05) is 37.5 Å². The first-order valence-corrected chi connectivity index (χ1v) is 8.83. The Morgan fingerprint density at radius 2 is 1.77 bits per heavy atom. The quantitative estimate of drug-likeness (QED) is 0.887. The van der Waals surface area contributed by atoms with Crippen molar-refractivity contribution < 1.29 is 14.3 Å². The minimum Gasteiger partial charge on any atom is -0.497 e. The number of methoxy groups -OCH3 is 2. The fourth-order valence-corrected chi connectivity index (χ4v) is 3.01. The van der Waals surface area contributed by atoms with E-state index in [9.17, 15) is 4.79 Å². The van der Waals surface area contributed by atoms with Crippen LogP contribution in [0.3, 0.4) is 0 Å². The van der Waals surface area contributed by atoms with Crippen LogP contribution in [0.1, 0.15) is 36.2 Å². The lowest BCUT2D eigenvalue weighted by Gasteiger charge is -2.20. The fourth-order valence-electron chi connectivity index (χ4n) is 3.01. The number of benzene rings is 1. The molecule has 26 heavy (non-hydrogen) atoms. The largest absolute Gasteiger partial charge is 0.497 e. The average Bonchev–Trinajstić information content (AvgIpc) is 2.97. The predicted octanol–water partition coefficient (Wildman–Crippen LogP) is 3.13. The number of hydrogen-bond acceptors (Lipinski definition) is 6. The molecule has 0 atom stereocenters. The second kappa shape index (κ2) is 8.51. The molecule has 7 heteroatoms. The molecule has 3 rings (SSSR count). The van der Waals surface area contributed by atoms with E-state index in [1.54, 1.807) is 38.5 Å². The van der Waals surface area contributed by atoms with Gasteiger partial charge in [0.15, 0.2) is 11.5 Å². The standard InChI is InChI=1S/C19H24N4O3/c1-25-14-7-9-17(26-2)16(13-14)20-19(24)15-8-10-18(22-21-15)23-11-5-3-4-6-12-23/h7-10,13H,3-6,11-12H2,1-2H3,(H,20,24). The molecule has 138 valence electrons. The van der Waals surface area contributed by atoms with E-state index in [4.69, 9.17) is 9.47 Å². The molecule has 2 aromatic rings. The minimum atomic E-state index is -0.341. The summed E-state index contributed by atoms with van der Waals surface area (Å²) in [6.07, 6.45) is 4.85. The third-order valence-electron chi connectivity index (χ3n) is 4.47. The molecular formula is C19H24N4O3. The lowest BCUT2D eigenvalue weighted by Crippen LogP contribution is -2.25. The lowest BCUT2D eigenvalue weighted by molar-refractivity contribution is 0.102. The molecule has 1 aliphatic heterocycles. The van der Waals surface area contributed by atoms with E-state index in [0.29, 0.717) is 17.2 Å². The van der Waals surface area contributed by atoms with Gasteiger partial charge < -0.3 is 19.7 Å². The number of carbonyl (C=O) groups is 1. The second-order valence-electron chi connectivity index (χ2n) is 6.20. The summed E-state index contributed by atoms with van der Waals surface area (Å²) in [5.74, 6) is 1.66. The van der Waals surface area contributed by atoms with Crippen molar-refractivity contribution in [2.24, 2.45) is 0 Å². The second-order valence-corrected chi connectivity index (χ2v) is 6.20. The molecule has 2 heterocycles. The van der Waals surface area contributed by atoms with Crippen molar-refractivity contribution in [1.82, 2.24) is 10.2 Å². The van der Waals surface area contributed by atoms with E-state index in [-0.39, 0.29) is 11.6 Å². The van der Waals surface area contributed by atoms with Gasteiger partial charge in [-0.1, -0.05) is 12.8 Å². The molecular weight excluding hydrogens is 332 g/mol. The highest BCUT2D eigenvalue weighted by atomic mass is 16.5. The van der Waals surface area contributed by atoms with E-state index in [2.05, 4.69) is 20.4 Å². The van der Waals surface area contributed by atoms with E-state index in [0.717, 1.165) is 18.9 Å². The molecule has 0 aliphatic carbocycles. The zero-order chi connectivity index (χ0) is 18.4. The summed E-state index contributed by atoms with van der Waals surface area (Å²) in [6.45, 7) is 1.97. The van der Waals surface area contributed by atoms with Crippen LogP contribution in [0.5, 0.6) is 11.5 Å². The van der Waals surface area contributed by atoms with Crippen LogP contribution < -0.4 is 19.7 Å². The van der Waals surface area contributed by atoms with Crippen LogP contribution in [0.2, 0.25) is 0 Å². The van der Waals surface area contributed by atoms with Crippen LogP contribution in [0, 0.1) is 0 Å². The number of nitrogens with zero attached hydrogens (tertiary/aromatic N) is 3. The van der Waals surface area contributed by atoms with Gasteiger partial charge in [-0.25, -0.2) is 0 Å². The fraction of sp³-hybridized carbons (Fsp3) is 0.421. The third-order valence-corrected chi connectivity index (χ3v) is 4.47. The van der Waals surface area contributed by atoms with Crippen molar-refractivity contribution in [1.29, 1.82) is 0 Å². The third kappa shape index (κ3) is 4.22. The Balaban J connectivity index is 1.72. The minimum absolute atomic E-state index is 0.258. The van der Waals surface area contributed by atoms with Gasteiger partial charge in [-0.05, 0) is 37.1 Å². The number of rotatable bonds is 5. The van der Waals surface area contributed by atoms with Gasteiger partial charge in [0.05, 0.1) is 19.9 Å². The maximum Gasteiger partial charge on any atom is 0.276 e. The number of aromatic nitrogens is 2. The molecule has 0 bridgehead atoms. The molecule has 1 saturated heterocycles. The maximum absolute atomic E-state index is 12.5. The molecule has 1 amide bonds. The molecule has 7 nitrogen and oxygen atoms in total. The van der Waals surface area contributed by atoms with E-state index in [1.807, 2.05) is 6.07 Å². The summed E-state index contributed by atoms with van der Waals surface area (Å²) in [6, 6.07) is 8.77. The maximum atomic E-state index is 12.5. The number of anilines is 2. The number of amides is 1. The van der Waals surface area contributed by atoms with Gasteiger partial charge >= 0.3 is 0 Å². The summed E-state index contributed by atoms with van der Waals surface area (Å²) in [7, 11) is 3.12. The zero-order valence-electron chi connectivity index (χ0n) is 15.2. The molecule has 1 aromatic heterocycles. The number of hydrogen-bond donors (Lipinski definition) is 1. The molecule has 0 unspecified atom stereocenters. The van der Waals surface area contributed by atoms with Crippen molar-refractivity contribution in [2.45, 2.75) is 25.7 Å². The normalized spacial score (nSPS) is 14.5. The van der Waals surface area contributed by atoms with E-state index in [1.165, 1.54) is 25.7 Å². The smallest absolute Gasteiger partial charge is 0.276 e. The number of carbonyl (C=O) groups excluding carboxylic acids is 1. The van der Waals surface area contributed by atoms with Gasteiger partial charge in [0.2, 0.25) is 0 Å². The van der Waals surface area contributed by atoms with Gasteiger partial charge in [0, 0.05) is 19.2 Å². The van der Waals surface area contributed by atoms with Gasteiger partial charge in [0.1, 0.15) is 11.5 Å². The summed E-state index contributed by atoms with van der Waals surface area (Å²) in [4.78, 5) is 14.7. The molecule has 0 spiro atoms. The number of nitrogens with one attached hydrogen (secondary N) is 1. The molecule has 1 aliphatic rings. The highest BCUT2D eigenvalue weighted by molar-refractivity contribution is 6.03. The average molecular weight is 356 g/mol. The molecule has 1 fully saturated rings. The Hall–Kier alpha value is -2.83. The summed E-state index contributed by atoms with van der Waals surface area (Å²) < 4.78 is 10.5. The van der Waals surface area contributed by atoms with Crippen LogP contribution in [0.25, 0.3) is 0 Å². The lowest BCUT2D eigenvalue weighted by atomic mass is 10.2. The number of ether oxygens (including phenoxy) is 2. The van der Waals surface area contributed by atoms with Crippen LogP contribution in [0.4, 0.5) is 11.5 Å². The Bertz CT molecular complexity index is 741. The zero-order valence-corrected chi connectivity index (χ0v) is 15.2. The summed E-state index contributed by atoms with van der Waals surface area (Å²) in [5, 5.41) is 11.1. The molecule has 0 saturated carbocycles. The Morgan fingerprint density at radius 3 is 2.38 bits per heavy atom. The topological polar surface area (TPSA) is 76.6 Å². The predicted molar refractivity (Wildman–Crippen MR) is 100 cm³/mol. The highest BCUT2D eigenvalue weighted by Crippen LogP contribution is 2.29. The van der Waals surface area contributed by atoms with E-state index >= 15 is 0 Å². The van der Waals surface area contributed by atoms with Crippen LogP contribution in [-0.4, -0.2) is 43.4 Å². The molecule has 0 radical (unpaired) electrons. The Kier molecular flexibility index (Phi) is 5.88.